The molecule has 0 saturated heterocycles. The number of hydrogen-bond acceptors (Lipinski definition) is 3. The van der Waals surface area contributed by atoms with Crippen LogP contribution in [0.5, 0.6) is 5.75 Å². The van der Waals surface area contributed by atoms with Crippen molar-refractivity contribution < 1.29 is 9.16 Å². The fourth-order valence-electron chi connectivity index (χ4n) is 4.13. The molecule has 2 nitrogen and oxygen atoms in total. The summed E-state index contributed by atoms with van der Waals surface area (Å²) in [6, 6.07) is 15.6. The highest BCUT2D eigenvalue weighted by Crippen LogP contribution is 2.64. The molecule has 1 aliphatic rings. The summed E-state index contributed by atoms with van der Waals surface area (Å²) in [6.07, 6.45) is 3.04. The Hall–Kier alpha value is -1.35. The Labute approximate surface area is 182 Å². The average Bonchev–Trinajstić information content (AvgIpc) is 3.05. The highest BCUT2D eigenvalue weighted by Gasteiger charge is 2.37. The molecule has 29 heavy (non-hydrogen) atoms. The fourth-order valence-corrected chi connectivity index (χ4v) is 8.40. The van der Waals surface area contributed by atoms with Crippen molar-refractivity contribution in [1.82, 2.24) is 0 Å². The number of methoxy groups -OCH3 is 1. The normalized spacial score (nSPS) is 15.2. The molecule has 0 amide bonds. The van der Waals surface area contributed by atoms with Gasteiger partial charge in [-0.3, -0.25) is 0 Å². The highest BCUT2D eigenvalue weighted by atomic mass is 32.4. The predicted molar refractivity (Wildman–Crippen MR) is 133 cm³/mol. The first-order valence-electron chi connectivity index (χ1n) is 10.4. The Morgan fingerprint density at radius 1 is 1.00 bits per heavy atom. The zero-order chi connectivity index (χ0) is 21.2. The number of benzene rings is 2. The maximum Gasteiger partial charge on any atom is 0.242 e. The third-order valence-corrected chi connectivity index (χ3v) is 12.3. The lowest BCUT2D eigenvalue weighted by atomic mass is 10.0. The van der Waals surface area contributed by atoms with E-state index in [9.17, 15) is 0 Å². The standard InChI is InChI=1S/C24H33O2PSSi/c1-7-27(28,8-2)24(18-13-15-20(25-3)16-14-18)22-17-19-11-9-10-12-21(19)23(22)26-29(4,5)6/h9-16,24H,7-8,17H2,1-6H3. The van der Waals surface area contributed by atoms with Gasteiger partial charge in [0.2, 0.25) is 8.32 Å². The van der Waals surface area contributed by atoms with Gasteiger partial charge in [-0.05, 0) is 73.3 Å². The molecule has 2 aromatic carbocycles. The van der Waals surface area contributed by atoms with E-state index in [4.69, 9.17) is 21.0 Å². The Morgan fingerprint density at radius 2 is 1.62 bits per heavy atom. The summed E-state index contributed by atoms with van der Waals surface area (Å²) in [6.45, 7) is 11.3. The van der Waals surface area contributed by atoms with Crippen molar-refractivity contribution >= 4 is 31.9 Å². The van der Waals surface area contributed by atoms with Crippen molar-refractivity contribution in [3.05, 3.63) is 70.8 Å². The topological polar surface area (TPSA) is 18.5 Å². The van der Waals surface area contributed by atoms with Gasteiger partial charge in [0, 0.05) is 11.2 Å². The summed E-state index contributed by atoms with van der Waals surface area (Å²) < 4.78 is 12.1. The van der Waals surface area contributed by atoms with Crippen molar-refractivity contribution in [2.24, 2.45) is 0 Å². The second-order valence-corrected chi connectivity index (χ2v) is 19.0. The molecule has 1 unspecified atom stereocenters. The molecule has 2 aromatic rings. The second-order valence-electron chi connectivity index (χ2n) is 8.66. The summed E-state index contributed by atoms with van der Waals surface area (Å²) in [5.74, 6) is 1.99. The smallest absolute Gasteiger partial charge is 0.242 e. The van der Waals surface area contributed by atoms with Crippen LogP contribution in [-0.4, -0.2) is 27.8 Å². The van der Waals surface area contributed by atoms with Gasteiger partial charge in [-0.2, -0.15) is 0 Å². The molecule has 1 atom stereocenters. The van der Waals surface area contributed by atoms with E-state index in [1.54, 1.807) is 7.11 Å². The van der Waals surface area contributed by atoms with Crippen LogP contribution in [0.3, 0.4) is 0 Å². The lowest BCUT2D eigenvalue weighted by molar-refractivity contribution is 0.414. The van der Waals surface area contributed by atoms with Crippen molar-refractivity contribution in [2.75, 3.05) is 19.4 Å². The molecule has 0 saturated carbocycles. The van der Waals surface area contributed by atoms with Gasteiger partial charge in [-0.15, -0.1) is 0 Å². The van der Waals surface area contributed by atoms with Gasteiger partial charge in [0.15, 0.2) is 0 Å². The summed E-state index contributed by atoms with van der Waals surface area (Å²) in [7, 11) is -0.0598. The van der Waals surface area contributed by atoms with Gasteiger partial charge in [0.1, 0.15) is 11.5 Å². The van der Waals surface area contributed by atoms with E-state index in [1.165, 1.54) is 22.3 Å². The third kappa shape index (κ3) is 4.71. The molecule has 0 aliphatic heterocycles. The maximum absolute atomic E-state index is 6.73. The molecule has 3 rings (SSSR count). The predicted octanol–water partition coefficient (Wildman–Crippen LogP) is 7.07. The number of hydrogen-bond donors (Lipinski definition) is 0. The van der Waals surface area contributed by atoms with E-state index in [0.29, 0.717) is 0 Å². The molecule has 5 heteroatoms. The van der Waals surface area contributed by atoms with E-state index < -0.39 is 14.4 Å². The molecule has 156 valence electrons. The number of ether oxygens (including phenoxy) is 1. The van der Waals surface area contributed by atoms with E-state index in [1.807, 2.05) is 0 Å². The minimum absolute atomic E-state index is 0.247. The number of allylic oxidation sites excluding steroid dienone is 1. The molecule has 0 radical (unpaired) electrons. The molecule has 1 aliphatic carbocycles. The van der Waals surface area contributed by atoms with Crippen LogP contribution in [0.15, 0.2) is 54.1 Å². The van der Waals surface area contributed by atoms with Crippen LogP contribution in [-0.2, 0) is 22.7 Å². The summed E-state index contributed by atoms with van der Waals surface area (Å²) in [5.41, 5.74) is 5.57. The second kappa shape index (κ2) is 8.79. The van der Waals surface area contributed by atoms with Crippen LogP contribution in [0.2, 0.25) is 19.6 Å². The zero-order valence-corrected chi connectivity index (χ0v) is 21.2. The first-order chi connectivity index (χ1) is 13.7. The van der Waals surface area contributed by atoms with Gasteiger partial charge in [-0.25, -0.2) is 0 Å². The molecular formula is C24H33O2PSSi. The van der Waals surface area contributed by atoms with Gasteiger partial charge in [0.05, 0.1) is 7.11 Å². The highest BCUT2D eigenvalue weighted by molar-refractivity contribution is 8.14. The Kier molecular flexibility index (Phi) is 6.77. The van der Waals surface area contributed by atoms with E-state index in [-0.39, 0.29) is 5.66 Å². The lowest BCUT2D eigenvalue weighted by Gasteiger charge is -2.33. The fraction of sp³-hybridized carbons (Fsp3) is 0.417. The largest absolute Gasteiger partial charge is 0.544 e. The molecule has 0 N–H and O–H groups in total. The lowest BCUT2D eigenvalue weighted by Crippen LogP contribution is -2.25. The maximum atomic E-state index is 6.73. The molecule has 0 aromatic heterocycles. The van der Waals surface area contributed by atoms with Crippen molar-refractivity contribution in [1.29, 1.82) is 0 Å². The first-order valence-corrected chi connectivity index (χ1v) is 17.1. The Morgan fingerprint density at radius 3 is 2.17 bits per heavy atom. The summed E-state index contributed by atoms with van der Waals surface area (Å²) >= 11 is 6.41. The van der Waals surface area contributed by atoms with Gasteiger partial charge >= 0.3 is 0 Å². The van der Waals surface area contributed by atoms with Crippen molar-refractivity contribution in [2.45, 2.75) is 45.6 Å². The van der Waals surface area contributed by atoms with Crippen LogP contribution in [0.4, 0.5) is 0 Å². The summed E-state index contributed by atoms with van der Waals surface area (Å²) in [4.78, 5) is 0. The number of rotatable bonds is 8. The average molecular weight is 445 g/mol. The Balaban J connectivity index is 2.22. The monoisotopic (exact) mass is 444 g/mol. The Bertz CT molecular complexity index is 936. The van der Waals surface area contributed by atoms with Crippen molar-refractivity contribution in [3.63, 3.8) is 0 Å². The number of fused-ring (bicyclic) bond motifs is 1. The molecule has 0 heterocycles. The van der Waals surface area contributed by atoms with Crippen LogP contribution in [0.25, 0.3) is 5.76 Å². The molecule has 0 spiro atoms. The van der Waals surface area contributed by atoms with E-state index in [0.717, 1.165) is 30.3 Å². The third-order valence-electron chi connectivity index (χ3n) is 5.65. The zero-order valence-electron chi connectivity index (χ0n) is 18.5. The van der Waals surface area contributed by atoms with E-state index in [2.05, 4.69) is 82.0 Å². The first kappa shape index (κ1) is 22.3. The van der Waals surface area contributed by atoms with Gasteiger partial charge < -0.3 is 9.16 Å². The van der Waals surface area contributed by atoms with Crippen LogP contribution < -0.4 is 4.74 Å². The summed E-state index contributed by atoms with van der Waals surface area (Å²) in [5, 5.41) is 0. The quantitative estimate of drug-likeness (QED) is 0.320. The molecule has 0 fully saturated rings. The molecule has 0 bridgehead atoms. The minimum atomic E-state index is -1.77. The van der Waals surface area contributed by atoms with Crippen molar-refractivity contribution in [3.8, 4) is 5.75 Å². The van der Waals surface area contributed by atoms with Gasteiger partial charge in [0.25, 0.3) is 0 Å². The van der Waals surface area contributed by atoms with Crippen LogP contribution in [0.1, 0.15) is 36.2 Å². The van der Waals surface area contributed by atoms with Crippen LogP contribution >= 0.6 is 6.04 Å². The van der Waals surface area contributed by atoms with E-state index >= 15 is 0 Å². The minimum Gasteiger partial charge on any atom is -0.544 e. The van der Waals surface area contributed by atoms with Crippen LogP contribution in [0, 0.1) is 0 Å². The SMILES string of the molecule is CCP(=S)(CC)C(C1=C(O[Si](C)(C)C)c2ccccc2C1)c1ccc(OC)cc1. The van der Waals surface area contributed by atoms with Gasteiger partial charge in [-0.1, -0.05) is 62.1 Å². The molecular weight excluding hydrogens is 411 g/mol.